The van der Waals surface area contributed by atoms with Gasteiger partial charge in [0.2, 0.25) is 0 Å². The molecule has 6 heteroatoms. The first-order chi connectivity index (χ1) is 13.0. The maximum Gasteiger partial charge on any atom is 0.187 e. The van der Waals surface area contributed by atoms with Crippen LogP contribution in [0.1, 0.15) is 36.4 Å². The van der Waals surface area contributed by atoms with Gasteiger partial charge in [-0.25, -0.2) is 5.01 Å². The molecule has 4 rings (SSSR count). The van der Waals surface area contributed by atoms with Crippen LogP contribution in [0.15, 0.2) is 59.2 Å². The first-order valence-electron chi connectivity index (χ1n) is 8.92. The zero-order valence-electron chi connectivity index (χ0n) is 14.6. The quantitative estimate of drug-likeness (QED) is 0.626. The van der Waals surface area contributed by atoms with Gasteiger partial charge in [-0.2, -0.15) is 5.10 Å². The molecule has 2 atom stereocenters. The van der Waals surface area contributed by atoms with E-state index in [0.717, 1.165) is 41.1 Å². The summed E-state index contributed by atoms with van der Waals surface area (Å²) in [6.07, 6.45) is 5.36. The Balaban J connectivity index is 1.72. The number of nitrogens with two attached hydrogens (primary N) is 1. The van der Waals surface area contributed by atoms with Crippen LogP contribution in [0.2, 0.25) is 10.0 Å². The molecular weight excluding hydrogens is 397 g/mol. The highest BCUT2D eigenvalue weighted by Crippen LogP contribution is 2.44. The van der Waals surface area contributed by atoms with E-state index in [1.54, 1.807) is 5.01 Å². The fraction of sp³-hybridized carbons (Fsp3) is 0.238. The summed E-state index contributed by atoms with van der Waals surface area (Å²) < 4.78 is 0. The van der Waals surface area contributed by atoms with Crippen LogP contribution in [-0.2, 0) is 0 Å². The van der Waals surface area contributed by atoms with Crippen molar-refractivity contribution in [3.8, 4) is 0 Å². The number of allylic oxidation sites excluding steroid dienone is 1. The van der Waals surface area contributed by atoms with Gasteiger partial charge in [0.25, 0.3) is 0 Å². The molecule has 2 aromatic rings. The molecule has 2 aliphatic rings. The van der Waals surface area contributed by atoms with Gasteiger partial charge in [0.15, 0.2) is 5.11 Å². The van der Waals surface area contributed by atoms with E-state index in [9.17, 15) is 0 Å². The predicted molar refractivity (Wildman–Crippen MR) is 117 cm³/mol. The van der Waals surface area contributed by atoms with Gasteiger partial charge in [-0.3, -0.25) is 0 Å². The van der Waals surface area contributed by atoms with Crippen molar-refractivity contribution in [1.82, 2.24) is 5.01 Å². The van der Waals surface area contributed by atoms with Crippen molar-refractivity contribution < 1.29 is 0 Å². The number of benzene rings is 2. The number of hydrazone groups is 1. The second kappa shape index (κ2) is 7.63. The summed E-state index contributed by atoms with van der Waals surface area (Å²) in [5, 5.41) is 8.38. The van der Waals surface area contributed by atoms with Gasteiger partial charge in [0.05, 0.1) is 11.8 Å². The molecule has 2 aromatic carbocycles. The molecule has 1 fully saturated rings. The summed E-state index contributed by atoms with van der Waals surface area (Å²) in [7, 11) is 0. The van der Waals surface area contributed by atoms with Crippen molar-refractivity contribution in [2.45, 2.75) is 25.3 Å². The number of halogens is 2. The molecule has 0 aromatic heterocycles. The average molecular weight is 416 g/mol. The number of hydrogen-bond acceptors (Lipinski definition) is 2. The number of fused-ring (bicyclic) bond motifs is 1. The Kier molecular flexibility index (Phi) is 5.22. The van der Waals surface area contributed by atoms with Crippen LogP contribution in [0.3, 0.4) is 0 Å². The lowest BCUT2D eigenvalue weighted by Gasteiger charge is -2.29. The Labute approximate surface area is 174 Å². The van der Waals surface area contributed by atoms with E-state index in [2.05, 4.69) is 6.08 Å². The van der Waals surface area contributed by atoms with Crippen molar-refractivity contribution in [2.24, 2.45) is 16.8 Å². The fourth-order valence-corrected chi connectivity index (χ4v) is 4.34. The molecule has 0 spiro atoms. The van der Waals surface area contributed by atoms with Crippen molar-refractivity contribution >= 4 is 52.3 Å². The highest BCUT2D eigenvalue weighted by molar-refractivity contribution is 7.80. The Morgan fingerprint density at radius 2 is 1.70 bits per heavy atom. The molecule has 138 valence electrons. The number of nitrogens with zero attached hydrogens (tertiary/aromatic N) is 2. The van der Waals surface area contributed by atoms with Crippen molar-refractivity contribution in [3.63, 3.8) is 0 Å². The number of thiocarbonyl (C=S) groups is 1. The summed E-state index contributed by atoms with van der Waals surface area (Å²) >= 11 is 17.4. The zero-order chi connectivity index (χ0) is 19.0. The second-order valence-electron chi connectivity index (χ2n) is 6.88. The third-order valence-corrected chi connectivity index (χ3v) is 5.84. The standard InChI is InChI=1S/C21H19Cl2N3S/c22-16-8-4-13(5-9-16)12-15-2-1-3-18-19(15)25-26(21(24)27)20(18)14-6-10-17(23)11-7-14/h4-12,18,20H,1-3H2,(H2,24,27). The zero-order valence-corrected chi connectivity index (χ0v) is 16.9. The summed E-state index contributed by atoms with van der Waals surface area (Å²) in [6.45, 7) is 0. The van der Waals surface area contributed by atoms with Crippen molar-refractivity contribution in [3.05, 3.63) is 75.3 Å². The van der Waals surface area contributed by atoms with Gasteiger partial charge in [0.1, 0.15) is 0 Å². The molecule has 3 nitrogen and oxygen atoms in total. The molecule has 0 radical (unpaired) electrons. The van der Waals surface area contributed by atoms with Crippen LogP contribution in [0.25, 0.3) is 6.08 Å². The second-order valence-corrected chi connectivity index (χ2v) is 8.18. The topological polar surface area (TPSA) is 41.6 Å². The maximum atomic E-state index is 6.07. The summed E-state index contributed by atoms with van der Waals surface area (Å²) in [5.41, 5.74) is 10.6. The van der Waals surface area contributed by atoms with E-state index in [4.69, 9.17) is 46.3 Å². The van der Waals surface area contributed by atoms with Gasteiger partial charge >= 0.3 is 0 Å². The molecule has 27 heavy (non-hydrogen) atoms. The number of rotatable bonds is 2. The molecule has 0 saturated heterocycles. The van der Waals surface area contributed by atoms with Gasteiger partial charge in [-0.05, 0) is 78.5 Å². The summed E-state index contributed by atoms with van der Waals surface area (Å²) in [4.78, 5) is 0. The highest BCUT2D eigenvalue weighted by atomic mass is 35.5. The Morgan fingerprint density at radius 1 is 1.07 bits per heavy atom. The molecular formula is C21H19Cl2N3S. The minimum atomic E-state index is 0.0173. The summed E-state index contributed by atoms with van der Waals surface area (Å²) in [6, 6.07) is 15.8. The van der Waals surface area contributed by atoms with Crippen LogP contribution in [-0.4, -0.2) is 15.8 Å². The third kappa shape index (κ3) is 3.75. The third-order valence-electron chi connectivity index (χ3n) is 5.15. The highest BCUT2D eigenvalue weighted by Gasteiger charge is 2.42. The van der Waals surface area contributed by atoms with Crippen LogP contribution in [0.5, 0.6) is 0 Å². The van der Waals surface area contributed by atoms with E-state index in [0.29, 0.717) is 10.1 Å². The molecule has 1 aliphatic carbocycles. The summed E-state index contributed by atoms with van der Waals surface area (Å²) in [5.74, 6) is 0.264. The van der Waals surface area contributed by atoms with Gasteiger partial charge in [-0.15, -0.1) is 0 Å². The largest absolute Gasteiger partial charge is 0.375 e. The minimum Gasteiger partial charge on any atom is -0.375 e. The number of hydrogen-bond donors (Lipinski definition) is 1. The monoisotopic (exact) mass is 415 g/mol. The van der Waals surface area contributed by atoms with Crippen molar-refractivity contribution in [1.29, 1.82) is 0 Å². The molecule has 1 heterocycles. The SMILES string of the molecule is NC(=S)N1N=C2C(=Cc3ccc(Cl)cc3)CCCC2C1c1ccc(Cl)cc1. The van der Waals surface area contributed by atoms with E-state index in [-0.39, 0.29) is 12.0 Å². The normalized spacial score (nSPS) is 23.3. The minimum absolute atomic E-state index is 0.0173. The Morgan fingerprint density at radius 3 is 2.33 bits per heavy atom. The fourth-order valence-electron chi connectivity index (χ4n) is 3.94. The van der Waals surface area contributed by atoms with Gasteiger partial charge in [-0.1, -0.05) is 47.5 Å². The van der Waals surface area contributed by atoms with E-state index in [1.165, 1.54) is 5.57 Å². The van der Waals surface area contributed by atoms with Crippen LogP contribution < -0.4 is 5.73 Å². The Bertz CT molecular complexity index is 919. The molecule has 2 N–H and O–H groups in total. The Hall–Kier alpha value is -1.88. The van der Waals surface area contributed by atoms with E-state index < -0.39 is 0 Å². The molecule has 1 aliphatic heterocycles. The van der Waals surface area contributed by atoms with E-state index >= 15 is 0 Å². The lowest BCUT2D eigenvalue weighted by molar-refractivity contribution is 0.305. The van der Waals surface area contributed by atoms with E-state index in [1.807, 2.05) is 48.5 Å². The first kappa shape index (κ1) is 18.5. The smallest absolute Gasteiger partial charge is 0.187 e. The predicted octanol–water partition coefficient (Wildman–Crippen LogP) is 5.83. The lowest BCUT2D eigenvalue weighted by Crippen LogP contribution is -2.34. The first-order valence-corrected chi connectivity index (χ1v) is 10.1. The van der Waals surface area contributed by atoms with Crippen molar-refractivity contribution in [2.75, 3.05) is 0 Å². The van der Waals surface area contributed by atoms with Gasteiger partial charge < -0.3 is 5.73 Å². The average Bonchev–Trinajstić information content (AvgIpc) is 3.05. The van der Waals surface area contributed by atoms with Crippen LogP contribution in [0.4, 0.5) is 0 Å². The van der Waals surface area contributed by atoms with Crippen LogP contribution in [0, 0.1) is 5.92 Å². The maximum absolute atomic E-state index is 6.07. The molecule has 1 saturated carbocycles. The molecule has 2 unspecified atom stereocenters. The van der Waals surface area contributed by atoms with Crippen LogP contribution >= 0.6 is 35.4 Å². The van der Waals surface area contributed by atoms with Gasteiger partial charge in [0, 0.05) is 16.0 Å². The molecule has 0 bridgehead atoms. The lowest BCUT2D eigenvalue weighted by atomic mass is 9.77. The molecule has 0 amide bonds.